The molecule has 1 amide bonds. The van der Waals surface area contributed by atoms with E-state index in [0.29, 0.717) is 0 Å². The van der Waals surface area contributed by atoms with E-state index in [1.165, 1.54) is 0 Å². The van der Waals surface area contributed by atoms with Gasteiger partial charge in [-0.25, -0.2) is 0 Å². The van der Waals surface area contributed by atoms with Crippen molar-refractivity contribution < 1.29 is 14.6 Å². The number of carbonyl (C=O) groups excluding carboxylic acids is 1. The van der Waals surface area contributed by atoms with E-state index in [0.717, 1.165) is 42.6 Å². The molecule has 1 aromatic carbocycles. The first-order valence-electron chi connectivity index (χ1n) is 7.66. The number of hydrogen-bond acceptors (Lipinski definition) is 3. The molecular formula is C17H25NO3. The van der Waals surface area contributed by atoms with E-state index < -0.39 is 6.10 Å². The van der Waals surface area contributed by atoms with Crippen molar-refractivity contribution in [1.29, 1.82) is 0 Å². The van der Waals surface area contributed by atoms with Crippen LogP contribution in [0.25, 0.3) is 0 Å². The maximum Gasteiger partial charge on any atom is 0.258 e. The molecular weight excluding hydrogens is 266 g/mol. The summed E-state index contributed by atoms with van der Waals surface area (Å²) in [6.45, 7) is 6.03. The standard InChI is InChI=1S/C17H25NO3/c1-4-17(2,3)18-16(20)11-21-15-10-6-7-12-13(15)8-5-9-14(12)19/h6-7,10,14,19H,4-5,8-9,11H2,1-3H3,(H,18,20). The highest BCUT2D eigenvalue weighted by Gasteiger charge is 2.22. The Morgan fingerprint density at radius 3 is 2.95 bits per heavy atom. The Morgan fingerprint density at radius 2 is 2.24 bits per heavy atom. The Labute approximate surface area is 126 Å². The van der Waals surface area contributed by atoms with Crippen LogP contribution in [0.2, 0.25) is 0 Å². The van der Waals surface area contributed by atoms with Gasteiger partial charge in [0.1, 0.15) is 5.75 Å². The Hall–Kier alpha value is -1.55. The highest BCUT2D eigenvalue weighted by molar-refractivity contribution is 5.78. The van der Waals surface area contributed by atoms with Crippen molar-refractivity contribution in [2.75, 3.05) is 6.61 Å². The third kappa shape index (κ3) is 3.97. The van der Waals surface area contributed by atoms with Crippen molar-refractivity contribution in [2.45, 2.75) is 58.1 Å². The van der Waals surface area contributed by atoms with E-state index >= 15 is 0 Å². The lowest BCUT2D eigenvalue weighted by Gasteiger charge is -2.25. The SMILES string of the molecule is CCC(C)(C)NC(=O)COc1cccc2c1CCCC2O. The number of fused-ring (bicyclic) bond motifs is 1. The summed E-state index contributed by atoms with van der Waals surface area (Å²) in [5.74, 6) is 0.603. The van der Waals surface area contributed by atoms with Gasteiger partial charge >= 0.3 is 0 Å². The van der Waals surface area contributed by atoms with E-state index in [1.807, 2.05) is 39.0 Å². The van der Waals surface area contributed by atoms with Crippen LogP contribution in [0.4, 0.5) is 0 Å². The number of rotatable bonds is 5. The molecule has 0 aromatic heterocycles. The molecule has 4 heteroatoms. The second-order valence-electron chi connectivity index (χ2n) is 6.31. The van der Waals surface area contributed by atoms with Crippen LogP contribution in [0.3, 0.4) is 0 Å². The van der Waals surface area contributed by atoms with Crippen molar-refractivity contribution in [3.8, 4) is 5.75 Å². The van der Waals surface area contributed by atoms with Crippen molar-refractivity contribution in [1.82, 2.24) is 5.32 Å². The van der Waals surface area contributed by atoms with Gasteiger partial charge in [0.15, 0.2) is 6.61 Å². The zero-order valence-corrected chi connectivity index (χ0v) is 13.1. The zero-order valence-electron chi connectivity index (χ0n) is 13.1. The molecule has 1 aliphatic rings. The summed E-state index contributed by atoms with van der Waals surface area (Å²) in [5, 5.41) is 13.0. The molecule has 1 aromatic rings. The van der Waals surface area contributed by atoms with Crippen LogP contribution in [0.15, 0.2) is 18.2 Å². The molecule has 2 rings (SSSR count). The Morgan fingerprint density at radius 1 is 1.48 bits per heavy atom. The lowest BCUT2D eigenvalue weighted by atomic mass is 9.89. The van der Waals surface area contributed by atoms with Crippen molar-refractivity contribution in [3.63, 3.8) is 0 Å². The predicted molar refractivity (Wildman–Crippen MR) is 82.3 cm³/mol. The van der Waals surface area contributed by atoms with Crippen molar-refractivity contribution in [2.24, 2.45) is 0 Å². The monoisotopic (exact) mass is 291 g/mol. The number of benzene rings is 1. The Kier molecular flexibility index (Phi) is 4.88. The fraction of sp³-hybridized carbons (Fsp3) is 0.588. The fourth-order valence-corrected chi connectivity index (χ4v) is 2.57. The number of carbonyl (C=O) groups is 1. The van der Waals surface area contributed by atoms with Gasteiger partial charge in [0.05, 0.1) is 6.10 Å². The number of nitrogens with one attached hydrogen (secondary N) is 1. The second-order valence-corrected chi connectivity index (χ2v) is 6.31. The minimum Gasteiger partial charge on any atom is -0.483 e. The summed E-state index contributed by atoms with van der Waals surface area (Å²) < 4.78 is 5.68. The molecule has 4 nitrogen and oxygen atoms in total. The quantitative estimate of drug-likeness (QED) is 0.877. The molecule has 0 saturated carbocycles. The molecule has 1 unspecified atom stereocenters. The first-order valence-corrected chi connectivity index (χ1v) is 7.66. The zero-order chi connectivity index (χ0) is 15.5. The molecule has 0 bridgehead atoms. The van der Waals surface area contributed by atoms with Gasteiger partial charge in [-0.15, -0.1) is 0 Å². The maximum absolute atomic E-state index is 11.9. The Balaban J connectivity index is 2.01. The molecule has 0 fully saturated rings. The highest BCUT2D eigenvalue weighted by Crippen LogP contribution is 2.35. The average Bonchev–Trinajstić information content (AvgIpc) is 2.45. The summed E-state index contributed by atoms with van der Waals surface area (Å²) >= 11 is 0. The van der Waals surface area contributed by atoms with Gasteiger partial charge in [-0.2, -0.15) is 0 Å². The summed E-state index contributed by atoms with van der Waals surface area (Å²) in [6.07, 6.45) is 3.09. The van der Waals surface area contributed by atoms with Crippen LogP contribution in [0.1, 0.15) is 57.3 Å². The first-order chi connectivity index (χ1) is 9.93. The van der Waals surface area contributed by atoms with E-state index in [1.54, 1.807) is 0 Å². The summed E-state index contributed by atoms with van der Waals surface area (Å²) in [6, 6.07) is 5.68. The number of ether oxygens (including phenoxy) is 1. The average molecular weight is 291 g/mol. The van der Waals surface area contributed by atoms with Gasteiger partial charge in [0, 0.05) is 5.54 Å². The van der Waals surface area contributed by atoms with E-state index in [9.17, 15) is 9.90 Å². The van der Waals surface area contributed by atoms with E-state index in [2.05, 4.69) is 5.32 Å². The molecule has 0 saturated heterocycles. The molecule has 0 radical (unpaired) electrons. The summed E-state index contributed by atoms with van der Waals surface area (Å²) in [7, 11) is 0. The first kappa shape index (κ1) is 15.8. The van der Waals surface area contributed by atoms with Gasteiger partial charge in [0.25, 0.3) is 5.91 Å². The van der Waals surface area contributed by atoms with Crippen LogP contribution in [0, 0.1) is 0 Å². The predicted octanol–water partition coefficient (Wildman–Crippen LogP) is 2.74. The maximum atomic E-state index is 11.9. The highest BCUT2D eigenvalue weighted by atomic mass is 16.5. The van der Waals surface area contributed by atoms with Gasteiger partial charge < -0.3 is 15.2 Å². The third-order valence-corrected chi connectivity index (χ3v) is 4.15. The molecule has 21 heavy (non-hydrogen) atoms. The Bertz CT molecular complexity index is 511. The lowest BCUT2D eigenvalue weighted by Crippen LogP contribution is -2.44. The normalized spacial score (nSPS) is 18.0. The number of aliphatic hydroxyl groups excluding tert-OH is 1. The van der Waals surface area contributed by atoms with Gasteiger partial charge in [-0.3, -0.25) is 4.79 Å². The molecule has 0 spiro atoms. The smallest absolute Gasteiger partial charge is 0.258 e. The summed E-state index contributed by atoms with van der Waals surface area (Å²) in [4.78, 5) is 11.9. The topological polar surface area (TPSA) is 58.6 Å². The molecule has 2 N–H and O–H groups in total. The van der Waals surface area contributed by atoms with Crippen LogP contribution in [-0.2, 0) is 11.2 Å². The van der Waals surface area contributed by atoms with Crippen molar-refractivity contribution in [3.05, 3.63) is 29.3 Å². The van der Waals surface area contributed by atoms with Gasteiger partial charge in [-0.05, 0) is 56.7 Å². The van der Waals surface area contributed by atoms with Crippen LogP contribution in [0.5, 0.6) is 5.75 Å². The van der Waals surface area contributed by atoms with Gasteiger partial charge in [0.2, 0.25) is 0 Å². The van der Waals surface area contributed by atoms with E-state index in [4.69, 9.17) is 4.74 Å². The second kappa shape index (κ2) is 6.48. The molecule has 1 aliphatic carbocycles. The molecule has 0 heterocycles. The van der Waals surface area contributed by atoms with Crippen molar-refractivity contribution >= 4 is 5.91 Å². The lowest BCUT2D eigenvalue weighted by molar-refractivity contribution is -0.124. The van der Waals surface area contributed by atoms with Gasteiger partial charge in [-0.1, -0.05) is 19.1 Å². The van der Waals surface area contributed by atoms with Crippen LogP contribution < -0.4 is 10.1 Å². The van der Waals surface area contributed by atoms with E-state index in [-0.39, 0.29) is 18.1 Å². The summed E-state index contributed by atoms with van der Waals surface area (Å²) in [5.41, 5.74) is 1.76. The minimum absolute atomic E-state index is 0.00990. The molecule has 0 aliphatic heterocycles. The number of aliphatic hydroxyl groups is 1. The number of hydrogen-bond donors (Lipinski definition) is 2. The molecule has 1 atom stereocenters. The van der Waals surface area contributed by atoms with Crippen LogP contribution >= 0.6 is 0 Å². The fourth-order valence-electron chi connectivity index (χ4n) is 2.57. The molecule has 116 valence electrons. The van der Waals surface area contributed by atoms with Crippen LogP contribution in [-0.4, -0.2) is 23.2 Å². The largest absolute Gasteiger partial charge is 0.483 e. The minimum atomic E-state index is -0.412. The third-order valence-electron chi connectivity index (χ3n) is 4.15. The number of amides is 1.